The van der Waals surface area contributed by atoms with Gasteiger partial charge in [0.2, 0.25) is 10.0 Å². The third-order valence-corrected chi connectivity index (χ3v) is 6.85. The number of amides is 1. The predicted octanol–water partition coefficient (Wildman–Crippen LogP) is 1.85. The van der Waals surface area contributed by atoms with Crippen molar-refractivity contribution in [1.82, 2.24) is 24.5 Å². The molecule has 31 heavy (non-hydrogen) atoms. The van der Waals surface area contributed by atoms with E-state index >= 15 is 0 Å². The first-order chi connectivity index (χ1) is 14.9. The number of rotatable bonds is 7. The van der Waals surface area contributed by atoms with Gasteiger partial charge in [-0.3, -0.25) is 4.79 Å². The highest BCUT2D eigenvalue weighted by atomic mass is 32.2. The van der Waals surface area contributed by atoms with Gasteiger partial charge in [-0.1, -0.05) is 6.07 Å². The van der Waals surface area contributed by atoms with Gasteiger partial charge in [0, 0.05) is 24.8 Å². The second kappa shape index (κ2) is 8.82. The predicted molar refractivity (Wildman–Crippen MR) is 112 cm³/mol. The first kappa shape index (κ1) is 20.9. The van der Waals surface area contributed by atoms with Gasteiger partial charge in [0.25, 0.3) is 5.91 Å². The van der Waals surface area contributed by atoms with Crippen LogP contribution in [0.15, 0.2) is 59.8 Å². The van der Waals surface area contributed by atoms with E-state index in [1.54, 1.807) is 37.3 Å². The van der Waals surface area contributed by atoms with Gasteiger partial charge in [-0.25, -0.2) is 13.1 Å². The van der Waals surface area contributed by atoms with Crippen LogP contribution in [0, 0.1) is 0 Å². The summed E-state index contributed by atoms with van der Waals surface area (Å²) < 4.78 is 33.9. The number of ether oxygens (including phenoxy) is 1. The Kier molecular flexibility index (Phi) is 5.96. The molecule has 1 aliphatic rings. The van der Waals surface area contributed by atoms with Crippen LogP contribution in [-0.2, 0) is 14.8 Å². The monoisotopic (exact) mass is 442 g/mol. The molecule has 1 aliphatic heterocycles. The lowest BCUT2D eigenvalue weighted by Crippen LogP contribution is -2.30. The molecule has 1 saturated heterocycles. The quantitative estimate of drug-likeness (QED) is 0.593. The summed E-state index contributed by atoms with van der Waals surface area (Å²) in [6.45, 7) is 2.72. The maximum Gasteiger partial charge on any atom is 0.265 e. The first-order valence-electron chi connectivity index (χ1n) is 9.85. The number of hydrogen-bond acceptors (Lipinski definition) is 7. The molecule has 2 heterocycles. The molecular formula is C20H22N6O4S. The largest absolute Gasteiger partial charge is 0.481 e. The van der Waals surface area contributed by atoms with Crippen LogP contribution in [0.1, 0.15) is 19.8 Å². The zero-order valence-corrected chi connectivity index (χ0v) is 17.7. The minimum atomic E-state index is -3.48. The van der Waals surface area contributed by atoms with E-state index in [0.29, 0.717) is 30.2 Å². The van der Waals surface area contributed by atoms with Gasteiger partial charge in [0.05, 0.1) is 10.6 Å². The van der Waals surface area contributed by atoms with E-state index < -0.39 is 16.1 Å². The van der Waals surface area contributed by atoms with Crippen LogP contribution in [-0.4, -0.2) is 58.0 Å². The zero-order valence-electron chi connectivity index (χ0n) is 16.9. The minimum Gasteiger partial charge on any atom is -0.481 e. The molecular weight excluding hydrogens is 420 g/mol. The maximum atomic E-state index is 12.6. The number of aromatic nitrogens is 4. The molecule has 0 aliphatic carbocycles. The van der Waals surface area contributed by atoms with E-state index in [1.807, 2.05) is 6.07 Å². The third-order valence-electron chi connectivity index (χ3n) is 4.94. The van der Waals surface area contributed by atoms with Crippen molar-refractivity contribution in [2.45, 2.75) is 30.8 Å². The summed E-state index contributed by atoms with van der Waals surface area (Å²) in [6, 6.07) is 13.2. The zero-order chi connectivity index (χ0) is 21.8. The molecule has 0 bridgehead atoms. The molecule has 1 atom stereocenters. The number of carbonyl (C=O) groups is 1. The first-order valence-corrected chi connectivity index (χ1v) is 11.3. The van der Waals surface area contributed by atoms with Crippen LogP contribution in [0.2, 0.25) is 0 Å². The van der Waals surface area contributed by atoms with Crippen molar-refractivity contribution >= 4 is 21.6 Å². The molecule has 10 nitrogen and oxygen atoms in total. The van der Waals surface area contributed by atoms with Crippen LogP contribution >= 0.6 is 0 Å². The number of anilines is 1. The van der Waals surface area contributed by atoms with Gasteiger partial charge < -0.3 is 10.1 Å². The molecule has 0 saturated carbocycles. The lowest BCUT2D eigenvalue weighted by Gasteiger charge is -2.17. The average molecular weight is 443 g/mol. The van der Waals surface area contributed by atoms with Crippen molar-refractivity contribution in [1.29, 1.82) is 0 Å². The minimum absolute atomic E-state index is 0.219. The Morgan fingerprint density at radius 1 is 1.13 bits per heavy atom. The Bertz CT molecular complexity index is 1140. The molecule has 3 aromatic rings. The second-order valence-corrected chi connectivity index (χ2v) is 9.07. The maximum absolute atomic E-state index is 12.6. The van der Waals surface area contributed by atoms with Gasteiger partial charge in [0.1, 0.15) is 12.1 Å². The van der Waals surface area contributed by atoms with E-state index in [4.69, 9.17) is 4.74 Å². The number of sulfonamides is 1. The van der Waals surface area contributed by atoms with Crippen molar-refractivity contribution in [3.8, 4) is 11.4 Å². The molecule has 0 unspecified atom stereocenters. The topological polar surface area (TPSA) is 119 Å². The van der Waals surface area contributed by atoms with Gasteiger partial charge >= 0.3 is 0 Å². The number of hydrogen-bond donors (Lipinski definition) is 1. The number of tetrazole rings is 1. The lowest BCUT2D eigenvalue weighted by atomic mass is 10.2. The summed E-state index contributed by atoms with van der Waals surface area (Å²) in [6.07, 6.45) is 2.44. The Balaban J connectivity index is 1.38. The molecule has 4 rings (SSSR count). The fourth-order valence-corrected chi connectivity index (χ4v) is 4.79. The lowest BCUT2D eigenvalue weighted by molar-refractivity contribution is -0.122. The Hall–Kier alpha value is -3.31. The number of nitrogens with zero attached hydrogens (tertiary/aromatic N) is 5. The highest BCUT2D eigenvalue weighted by molar-refractivity contribution is 7.89. The fraction of sp³-hybridized carbons (Fsp3) is 0.300. The summed E-state index contributed by atoms with van der Waals surface area (Å²) >= 11 is 0. The molecule has 0 spiro atoms. The highest BCUT2D eigenvalue weighted by Gasteiger charge is 2.27. The van der Waals surface area contributed by atoms with Gasteiger partial charge in [-0.2, -0.15) is 4.31 Å². The van der Waals surface area contributed by atoms with E-state index in [1.165, 1.54) is 27.4 Å². The standard InChI is InChI=1S/C20H22N6O4S/c1-15(30-18-6-4-5-17(13-18)26-14-21-23-24-26)20(27)22-16-7-9-19(10-8-16)31(28,29)25-11-2-3-12-25/h4-10,13-15H,2-3,11-12H2,1H3,(H,22,27)/t15-/m0/s1. The fourth-order valence-electron chi connectivity index (χ4n) is 3.27. The Morgan fingerprint density at radius 2 is 1.87 bits per heavy atom. The van der Waals surface area contributed by atoms with Crippen LogP contribution in [0.3, 0.4) is 0 Å². The van der Waals surface area contributed by atoms with E-state index in [2.05, 4.69) is 20.8 Å². The Morgan fingerprint density at radius 3 is 2.55 bits per heavy atom. The van der Waals surface area contributed by atoms with Crippen LogP contribution < -0.4 is 10.1 Å². The number of nitrogens with one attached hydrogen (secondary N) is 1. The van der Waals surface area contributed by atoms with Crippen molar-refractivity contribution in [3.05, 3.63) is 54.9 Å². The second-order valence-electron chi connectivity index (χ2n) is 7.14. The molecule has 2 aromatic carbocycles. The van der Waals surface area contributed by atoms with E-state index in [-0.39, 0.29) is 10.8 Å². The molecule has 0 radical (unpaired) electrons. The van der Waals surface area contributed by atoms with Crippen molar-refractivity contribution in [2.75, 3.05) is 18.4 Å². The van der Waals surface area contributed by atoms with Crippen molar-refractivity contribution in [2.24, 2.45) is 0 Å². The summed E-state index contributed by atoms with van der Waals surface area (Å²) in [5.41, 5.74) is 1.19. The van der Waals surface area contributed by atoms with E-state index in [9.17, 15) is 13.2 Å². The third kappa shape index (κ3) is 4.72. The molecule has 1 N–H and O–H groups in total. The smallest absolute Gasteiger partial charge is 0.265 e. The summed E-state index contributed by atoms with van der Waals surface area (Å²) in [5.74, 6) is 0.130. The number of benzene rings is 2. The molecule has 1 aromatic heterocycles. The van der Waals surface area contributed by atoms with Crippen molar-refractivity contribution in [3.63, 3.8) is 0 Å². The van der Waals surface area contributed by atoms with Gasteiger partial charge in [0.15, 0.2) is 6.10 Å². The van der Waals surface area contributed by atoms with E-state index in [0.717, 1.165) is 12.8 Å². The summed E-state index contributed by atoms with van der Waals surface area (Å²) in [5, 5.41) is 13.8. The Labute approximate surface area is 179 Å². The molecule has 162 valence electrons. The molecule has 1 fully saturated rings. The van der Waals surface area contributed by atoms with Gasteiger partial charge in [-0.15, -0.1) is 5.10 Å². The SMILES string of the molecule is C[C@H](Oc1cccc(-n2cnnn2)c1)C(=O)Nc1ccc(S(=O)(=O)N2CCCC2)cc1. The number of carbonyl (C=O) groups excluding carboxylic acids is 1. The highest BCUT2D eigenvalue weighted by Crippen LogP contribution is 2.22. The van der Waals surface area contributed by atoms with Crippen molar-refractivity contribution < 1.29 is 17.9 Å². The van der Waals surface area contributed by atoms with Gasteiger partial charge in [-0.05, 0) is 66.6 Å². The molecule has 11 heteroatoms. The van der Waals surface area contributed by atoms with Crippen LogP contribution in [0.5, 0.6) is 5.75 Å². The summed E-state index contributed by atoms with van der Waals surface area (Å²) in [4.78, 5) is 12.7. The van der Waals surface area contributed by atoms with Crippen LogP contribution in [0.4, 0.5) is 5.69 Å². The normalized spacial score (nSPS) is 15.5. The van der Waals surface area contributed by atoms with Crippen LogP contribution in [0.25, 0.3) is 5.69 Å². The summed E-state index contributed by atoms with van der Waals surface area (Å²) in [7, 11) is -3.48. The average Bonchev–Trinajstić information content (AvgIpc) is 3.49. The molecule has 1 amide bonds.